The van der Waals surface area contributed by atoms with Gasteiger partial charge in [0.15, 0.2) is 0 Å². The minimum absolute atomic E-state index is 0.138. The van der Waals surface area contributed by atoms with E-state index in [0.29, 0.717) is 10.8 Å². The lowest BCUT2D eigenvalue weighted by Crippen LogP contribution is -2.36. The van der Waals surface area contributed by atoms with Gasteiger partial charge in [-0.2, -0.15) is 0 Å². The molecule has 2 heterocycles. The molecular weight excluding hydrogens is 340 g/mol. The molecule has 0 N–H and O–H groups in total. The first-order valence-corrected chi connectivity index (χ1v) is 9.49. The van der Waals surface area contributed by atoms with Crippen LogP contribution in [0.3, 0.4) is 0 Å². The Kier molecular flexibility index (Phi) is 5.16. The van der Waals surface area contributed by atoms with Crippen LogP contribution in [0.5, 0.6) is 0 Å². The second kappa shape index (κ2) is 7.16. The van der Waals surface area contributed by atoms with Crippen molar-refractivity contribution < 1.29 is 4.79 Å². The number of thioether (sulfide) groups is 1. The van der Waals surface area contributed by atoms with Gasteiger partial charge in [-0.05, 0) is 56.4 Å². The molecule has 24 heavy (non-hydrogen) atoms. The lowest BCUT2D eigenvalue weighted by molar-refractivity contribution is -0.116. The number of pyridine rings is 1. The maximum Gasteiger partial charge on any atom is 0.237 e. The Hall–Kier alpha value is -1.52. The number of carbonyl (C=O) groups is 1. The zero-order valence-electron chi connectivity index (χ0n) is 14.2. The van der Waals surface area contributed by atoms with Gasteiger partial charge in [0.05, 0.1) is 16.5 Å². The van der Waals surface area contributed by atoms with Crippen molar-refractivity contribution in [1.82, 2.24) is 4.98 Å². The van der Waals surface area contributed by atoms with E-state index in [4.69, 9.17) is 11.6 Å². The maximum atomic E-state index is 12.7. The van der Waals surface area contributed by atoms with Crippen LogP contribution >= 0.6 is 23.4 Å². The molecule has 0 fully saturated rings. The smallest absolute Gasteiger partial charge is 0.237 e. The van der Waals surface area contributed by atoms with Gasteiger partial charge < -0.3 is 4.90 Å². The van der Waals surface area contributed by atoms with Crippen LogP contribution in [-0.2, 0) is 11.2 Å². The number of nitrogens with zero attached hydrogens (tertiary/aromatic N) is 2. The average molecular weight is 361 g/mol. The molecule has 1 aromatic carbocycles. The summed E-state index contributed by atoms with van der Waals surface area (Å²) in [6, 6.07) is 8.18. The van der Waals surface area contributed by atoms with E-state index in [9.17, 15) is 4.79 Å². The molecule has 126 valence electrons. The Bertz CT molecular complexity index is 791. The monoisotopic (exact) mass is 360 g/mol. The van der Waals surface area contributed by atoms with Crippen LogP contribution in [0, 0.1) is 20.8 Å². The summed E-state index contributed by atoms with van der Waals surface area (Å²) >= 11 is 7.75. The molecule has 5 heteroatoms. The largest absolute Gasteiger partial charge is 0.311 e. The van der Waals surface area contributed by atoms with E-state index < -0.39 is 0 Å². The van der Waals surface area contributed by atoms with Crippen molar-refractivity contribution in [2.75, 3.05) is 17.2 Å². The first-order chi connectivity index (χ1) is 11.5. The number of hydrogen-bond acceptors (Lipinski definition) is 3. The third kappa shape index (κ3) is 3.31. The van der Waals surface area contributed by atoms with E-state index in [1.54, 1.807) is 0 Å². The summed E-state index contributed by atoms with van der Waals surface area (Å²) < 4.78 is 0. The van der Waals surface area contributed by atoms with Crippen LogP contribution in [0.4, 0.5) is 5.69 Å². The number of aryl methyl sites for hydroxylation is 2. The van der Waals surface area contributed by atoms with Gasteiger partial charge >= 0.3 is 0 Å². The van der Waals surface area contributed by atoms with Crippen molar-refractivity contribution in [2.45, 2.75) is 38.6 Å². The summed E-state index contributed by atoms with van der Waals surface area (Å²) in [5.41, 5.74) is 5.24. The number of benzene rings is 1. The van der Waals surface area contributed by atoms with Gasteiger partial charge in [0.1, 0.15) is 5.03 Å². The van der Waals surface area contributed by atoms with Crippen LogP contribution in [0.2, 0.25) is 5.02 Å². The van der Waals surface area contributed by atoms with Crippen molar-refractivity contribution in [3.63, 3.8) is 0 Å². The van der Waals surface area contributed by atoms with Crippen LogP contribution in [0.25, 0.3) is 0 Å². The van der Waals surface area contributed by atoms with Gasteiger partial charge in [-0.25, -0.2) is 4.98 Å². The van der Waals surface area contributed by atoms with Crippen molar-refractivity contribution in [3.8, 4) is 0 Å². The number of amides is 1. The molecule has 3 nitrogen and oxygen atoms in total. The molecular formula is C19H21ClN2OS. The quantitative estimate of drug-likeness (QED) is 0.742. The van der Waals surface area contributed by atoms with Crippen LogP contribution < -0.4 is 4.90 Å². The number of aromatic nitrogens is 1. The topological polar surface area (TPSA) is 33.2 Å². The van der Waals surface area contributed by atoms with Crippen LogP contribution in [-0.4, -0.2) is 23.2 Å². The lowest BCUT2D eigenvalue weighted by Gasteiger charge is -2.29. The summed E-state index contributed by atoms with van der Waals surface area (Å²) in [7, 11) is 0. The number of fused-ring (bicyclic) bond motifs is 1. The minimum Gasteiger partial charge on any atom is -0.311 e. The summed E-state index contributed by atoms with van der Waals surface area (Å²) in [5.74, 6) is 0.529. The summed E-state index contributed by atoms with van der Waals surface area (Å²) in [6.07, 6.45) is 2.06. The molecule has 2 aromatic rings. The third-order valence-corrected chi connectivity index (χ3v) is 6.16. The Balaban J connectivity index is 1.76. The molecule has 0 saturated heterocycles. The zero-order valence-corrected chi connectivity index (χ0v) is 15.8. The number of carbonyl (C=O) groups excluding carboxylic acids is 1. The fourth-order valence-corrected chi connectivity index (χ4v) is 4.19. The van der Waals surface area contributed by atoms with Gasteiger partial charge in [0.2, 0.25) is 5.91 Å². The highest BCUT2D eigenvalue weighted by Gasteiger charge is 2.22. The normalized spacial score (nSPS) is 13.8. The molecule has 0 unspecified atom stereocenters. The molecule has 0 saturated carbocycles. The fraction of sp³-hybridized carbons (Fsp3) is 0.368. The van der Waals surface area contributed by atoms with E-state index in [0.717, 1.165) is 46.9 Å². The van der Waals surface area contributed by atoms with Crippen molar-refractivity contribution in [3.05, 3.63) is 51.7 Å². The number of para-hydroxylation sites is 1. The van der Waals surface area contributed by atoms with Crippen LogP contribution in [0.1, 0.15) is 28.8 Å². The Morgan fingerprint density at radius 1 is 1.25 bits per heavy atom. The fourth-order valence-electron chi connectivity index (χ4n) is 3.02. The summed E-state index contributed by atoms with van der Waals surface area (Å²) in [6.45, 7) is 6.71. The Morgan fingerprint density at radius 2 is 2.00 bits per heavy atom. The first-order valence-electron chi connectivity index (χ1n) is 8.13. The second-order valence-corrected chi connectivity index (χ2v) is 7.47. The highest BCUT2D eigenvalue weighted by Crippen LogP contribution is 2.31. The molecule has 0 aliphatic carbocycles. The Labute approximate surface area is 152 Å². The lowest BCUT2D eigenvalue weighted by atomic mass is 10.0. The predicted molar refractivity (Wildman–Crippen MR) is 101 cm³/mol. The average Bonchev–Trinajstić information content (AvgIpc) is 2.61. The van der Waals surface area contributed by atoms with E-state index in [1.807, 2.05) is 43.9 Å². The molecule has 0 spiro atoms. The number of rotatable bonds is 3. The van der Waals surface area contributed by atoms with E-state index in [1.165, 1.54) is 17.3 Å². The third-order valence-electron chi connectivity index (χ3n) is 4.54. The van der Waals surface area contributed by atoms with Gasteiger partial charge in [0.25, 0.3) is 0 Å². The van der Waals surface area contributed by atoms with Crippen molar-refractivity contribution in [1.29, 1.82) is 0 Å². The summed E-state index contributed by atoms with van der Waals surface area (Å²) in [5, 5.41) is 1.61. The van der Waals surface area contributed by atoms with E-state index in [-0.39, 0.29) is 5.91 Å². The minimum atomic E-state index is 0.138. The number of halogens is 1. The molecule has 0 radical (unpaired) electrons. The number of hydrogen-bond donors (Lipinski definition) is 0. The van der Waals surface area contributed by atoms with Gasteiger partial charge in [0, 0.05) is 12.2 Å². The predicted octanol–water partition coefficient (Wildman–Crippen LogP) is 4.73. The first kappa shape index (κ1) is 17.3. The van der Waals surface area contributed by atoms with E-state index in [2.05, 4.69) is 11.1 Å². The van der Waals surface area contributed by atoms with Crippen molar-refractivity contribution in [2.24, 2.45) is 0 Å². The van der Waals surface area contributed by atoms with Gasteiger partial charge in [-0.1, -0.05) is 41.6 Å². The van der Waals surface area contributed by atoms with E-state index >= 15 is 0 Å². The standard InChI is InChI=1S/C19H21ClN2OS/c1-12-13(2)19(21-14(3)18(12)20)24-11-17(23)22-10-6-8-15-7-4-5-9-16(15)22/h4-5,7,9H,6,8,10-11H2,1-3H3. The van der Waals surface area contributed by atoms with Crippen molar-refractivity contribution >= 4 is 35.0 Å². The van der Waals surface area contributed by atoms with Crippen LogP contribution in [0.15, 0.2) is 29.3 Å². The molecule has 0 bridgehead atoms. The number of anilines is 1. The SMILES string of the molecule is Cc1nc(SCC(=O)N2CCCc3ccccc32)c(C)c(C)c1Cl. The maximum absolute atomic E-state index is 12.7. The molecule has 1 aliphatic heterocycles. The molecule has 0 atom stereocenters. The Morgan fingerprint density at radius 3 is 2.79 bits per heavy atom. The summed E-state index contributed by atoms with van der Waals surface area (Å²) in [4.78, 5) is 19.2. The molecule has 1 aromatic heterocycles. The molecule has 3 rings (SSSR count). The molecule has 1 aliphatic rings. The highest BCUT2D eigenvalue weighted by atomic mass is 35.5. The second-order valence-electron chi connectivity index (χ2n) is 6.13. The van der Waals surface area contributed by atoms with Gasteiger partial charge in [-0.3, -0.25) is 4.79 Å². The van der Waals surface area contributed by atoms with Gasteiger partial charge in [-0.15, -0.1) is 0 Å². The zero-order chi connectivity index (χ0) is 17.3. The molecule has 1 amide bonds. The highest BCUT2D eigenvalue weighted by molar-refractivity contribution is 8.00.